The van der Waals surface area contributed by atoms with Crippen LogP contribution in [0.3, 0.4) is 0 Å². The maximum absolute atomic E-state index is 4.77. The first-order valence-corrected chi connectivity index (χ1v) is 9.20. The Bertz CT molecular complexity index is 850. The zero-order valence-electron chi connectivity index (χ0n) is 13.1. The fourth-order valence-electron chi connectivity index (χ4n) is 2.37. The van der Waals surface area contributed by atoms with E-state index in [0.29, 0.717) is 5.92 Å². The summed E-state index contributed by atoms with van der Waals surface area (Å²) < 4.78 is 3.38. The fourth-order valence-corrected chi connectivity index (χ4v) is 3.71. The van der Waals surface area contributed by atoms with E-state index in [1.807, 2.05) is 18.2 Å². The number of hydrogen-bond donors (Lipinski definition) is 0. The molecular formula is C18H18BrN3S. The molecule has 3 rings (SSSR count). The van der Waals surface area contributed by atoms with E-state index in [1.165, 1.54) is 11.3 Å². The molecule has 0 fully saturated rings. The molecule has 0 aliphatic rings. The number of halogens is 1. The van der Waals surface area contributed by atoms with E-state index in [2.05, 4.69) is 62.9 Å². The SMILES string of the molecule is CC(C)Cn1c(-c2cccc(Br)c2)csc1=Nc1cccnc1. The largest absolute Gasteiger partial charge is 0.316 e. The average molecular weight is 388 g/mol. The van der Waals surface area contributed by atoms with E-state index in [1.54, 1.807) is 23.7 Å². The Balaban J connectivity index is 2.13. The molecule has 0 atom stereocenters. The molecule has 23 heavy (non-hydrogen) atoms. The molecule has 0 radical (unpaired) electrons. The van der Waals surface area contributed by atoms with Crippen molar-refractivity contribution in [2.24, 2.45) is 10.9 Å². The van der Waals surface area contributed by atoms with Crippen molar-refractivity contribution in [1.82, 2.24) is 9.55 Å². The number of aromatic nitrogens is 2. The van der Waals surface area contributed by atoms with Gasteiger partial charge in [0.25, 0.3) is 0 Å². The summed E-state index contributed by atoms with van der Waals surface area (Å²) >= 11 is 5.22. The Morgan fingerprint density at radius 1 is 1.26 bits per heavy atom. The van der Waals surface area contributed by atoms with Crippen molar-refractivity contribution in [3.05, 3.63) is 63.4 Å². The third-order valence-corrected chi connectivity index (χ3v) is 4.69. The second-order valence-corrected chi connectivity index (χ2v) is 7.49. The zero-order chi connectivity index (χ0) is 16.2. The van der Waals surface area contributed by atoms with Crippen molar-refractivity contribution >= 4 is 33.0 Å². The lowest BCUT2D eigenvalue weighted by atomic mass is 10.1. The minimum absolute atomic E-state index is 0.545. The average Bonchev–Trinajstić information content (AvgIpc) is 2.90. The number of pyridine rings is 1. The van der Waals surface area contributed by atoms with Crippen LogP contribution in [0, 0.1) is 5.92 Å². The highest BCUT2D eigenvalue weighted by molar-refractivity contribution is 9.10. The van der Waals surface area contributed by atoms with Crippen LogP contribution in [-0.4, -0.2) is 9.55 Å². The van der Waals surface area contributed by atoms with Crippen LogP contribution in [0.4, 0.5) is 5.69 Å². The molecule has 0 aliphatic heterocycles. The van der Waals surface area contributed by atoms with Crippen molar-refractivity contribution in [3.8, 4) is 11.3 Å². The van der Waals surface area contributed by atoms with E-state index in [-0.39, 0.29) is 0 Å². The molecule has 0 unspecified atom stereocenters. The molecule has 0 amide bonds. The minimum atomic E-state index is 0.545. The molecule has 1 aromatic carbocycles. The third-order valence-electron chi connectivity index (χ3n) is 3.34. The van der Waals surface area contributed by atoms with Gasteiger partial charge in [-0.2, -0.15) is 0 Å². The molecular weight excluding hydrogens is 370 g/mol. The highest BCUT2D eigenvalue weighted by Crippen LogP contribution is 2.24. The second-order valence-electron chi connectivity index (χ2n) is 5.74. The lowest BCUT2D eigenvalue weighted by molar-refractivity contribution is 0.518. The van der Waals surface area contributed by atoms with Crippen molar-refractivity contribution in [3.63, 3.8) is 0 Å². The maximum Gasteiger partial charge on any atom is 0.190 e. The van der Waals surface area contributed by atoms with Gasteiger partial charge in [0.2, 0.25) is 0 Å². The molecule has 0 N–H and O–H groups in total. The summed E-state index contributed by atoms with van der Waals surface area (Å²) in [4.78, 5) is 9.91. The number of rotatable bonds is 4. The number of benzene rings is 1. The molecule has 2 aromatic heterocycles. The van der Waals surface area contributed by atoms with Crippen LogP contribution in [-0.2, 0) is 6.54 Å². The summed E-state index contributed by atoms with van der Waals surface area (Å²) in [6.45, 7) is 5.39. The van der Waals surface area contributed by atoms with Crippen molar-refractivity contribution in [2.45, 2.75) is 20.4 Å². The lowest BCUT2D eigenvalue weighted by Crippen LogP contribution is -2.18. The standard InChI is InChI=1S/C18H18BrN3S/c1-13(2)11-22-17(14-5-3-6-15(19)9-14)12-23-18(22)21-16-7-4-8-20-10-16/h3-10,12-13H,11H2,1-2H3. The summed E-state index contributed by atoms with van der Waals surface area (Å²) in [5.74, 6) is 0.545. The highest BCUT2D eigenvalue weighted by Gasteiger charge is 2.10. The third kappa shape index (κ3) is 3.98. The first-order chi connectivity index (χ1) is 11.1. The molecule has 118 valence electrons. The predicted octanol–water partition coefficient (Wildman–Crippen LogP) is 5.26. The van der Waals surface area contributed by atoms with Gasteiger partial charge in [-0.05, 0) is 30.2 Å². The van der Waals surface area contributed by atoms with Gasteiger partial charge in [0.05, 0.1) is 17.6 Å². The first kappa shape index (κ1) is 16.1. The minimum Gasteiger partial charge on any atom is -0.316 e. The molecule has 0 aliphatic carbocycles. The Hall–Kier alpha value is -1.72. The van der Waals surface area contributed by atoms with E-state index in [0.717, 1.165) is 21.5 Å². The molecule has 5 heteroatoms. The normalized spacial score (nSPS) is 12.1. The summed E-state index contributed by atoms with van der Waals surface area (Å²) in [6, 6.07) is 12.3. The smallest absolute Gasteiger partial charge is 0.190 e. The molecule has 0 bridgehead atoms. The number of thiazole rings is 1. The Labute approximate surface area is 148 Å². The van der Waals surface area contributed by atoms with Gasteiger partial charge >= 0.3 is 0 Å². The van der Waals surface area contributed by atoms with E-state index in [4.69, 9.17) is 4.99 Å². The molecule has 3 aromatic rings. The highest BCUT2D eigenvalue weighted by atomic mass is 79.9. The fraction of sp³-hybridized carbons (Fsp3) is 0.222. The number of nitrogens with zero attached hydrogens (tertiary/aromatic N) is 3. The molecule has 0 saturated carbocycles. The van der Waals surface area contributed by atoms with Gasteiger partial charge in [-0.1, -0.05) is 41.9 Å². The van der Waals surface area contributed by atoms with E-state index < -0.39 is 0 Å². The van der Waals surface area contributed by atoms with Crippen molar-refractivity contribution < 1.29 is 0 Å². The van der Waals surface area contributed by atoms with Crippen molar-refractivity contribution in [2.75, 3.05) is 0 Å². The second kappa shape index (κ2) is 7.23. The van der Waals surface area contributed by atoms with Gasteiger partial charge in [-0.25, -0.2) is 4.99 Å². The first-order valence-electron chi connectivity index (χ1n) is 7.52. The number of hydrogen-bond acceptors (Lipinski definition) is 3. The van der Waals surface area contributed by atoms with Gasteiger partial charge in [0, 0.05) is 28.2 Å². The van der Waals surface area contributed by atoms with Crippen LogP contribution in [0.2, 0.25) is 0 Å². The summed E-state index contributed by atoms with van der Waals surface area (Å²) in [6.07, 6.45) is 3.56. The Morgan fingerprint density at radius 2 is 2.13 bits per heavy atom. The van der Waals surface area contributed by atoms with Crippen LogP contribution in [0.25, 0.3) is 11.3 Å². The molecule has 0 saturated heterocycles. The summed E-state index contributed by atoms with van der Waals surface area (Å²) in [7, 11) is 0. The van der Waals surface area contributed by atoms with Crippen LogP contribution in [0.1, 0.15) is 13.8 Å². The van der Waals surface area contributed by atoms with Gasteiger partial charge in [0.15, 0.2) is 4.80 Å². The Kier molecular flexibility index (Phi) is 5.08. The monoisotopic (exact) mass is 387 g/mol. The molecule has 2 heterocycles. The van der Waals surface area contributed by atoms with Crippen LogP contribution in [0.5, 0.6) is 0 Å². The van der Waals surface area contributed by atoms with E-state index >= 15 is 0 Å². The van der Waals surface area contributed by atoms with Gasteiger partial charge in [-0.3, -0.25) is 4.98 Å². The van der Waals surface area contributed by atoms with E-state index in [9.17, 15) is 0 Å². The van der Waals surface area contributed by atoms with Crippen LogP contribution in [0.15, 0.2) is 63.6 Å². The molecule has 0 spiro atoms. The summed E-state index contributed by atoms with van der Waals surface area (Å²) in [5, 5.41) is 2.18. The Morgan fingerprint density at radius 3 is 2.83 bits per heavy atom. The topological polar surface area (TPSA) is 30.2 Å². The lowest BCUT2D eigenvalue weighted by Gasteiger charge is -2.12. The molecule has 3 nitrogen and oxygen atoms in total. The quantitative estimate of drug-likeness (QED) is 0.600. The van der Waals surface area contributed by atoms with Crippen LogP contribution < -0.4 is 4.80 Å². The summed E-state index contributed by atoms with van der Waals surface area (Å²) in [5.41, 5.74) is 3.28. The van der Waals surface area contributed by atoms with Gasteiger partial charge < -0.3 is 4.57 Å². The van der Waals surface area contributed by atoms with Crippen molar-refractivity contribution in [1.29, 1.82) is 0 Å². The zero-order valence-corrected chi connectivity index (χ0v) is 15.5. The van der Waals surface area contributed by atoms with Gasteiger partial charge in [-0.15, -0.1) is 11.3 Å². The predicted molar refractivity (Wildman–Crippen MR) is 99.7 cm³/mol. The maximum atomic E-state index is 4.77. The van der Waals surface area contributed by atoms with Crippen LogP contribution >= 0.6 is 27.3 Å². The van der Waals surface area contributed by atoms with Gasteiger partial charge in [0.1, 0.15) is 0 Å².